The summed E-state index contributed by atoms with van der Waals surface area (Å²) in [6.45, 7) is 12.1. The number of epoxide rings is 1. The van der Waals surface area contributed by atoms with Crippen LogP contribution in [0.4, 0.5) is 0 Å². The Morgan fingerprint density at radius 1 is 1.26 bits per heavy atom. The summed E-state index contributed by atoms with van der Waals surface area (Å²) in [5.74, 6) is 0. The second-order valence-corrected chi connectivity index (χ2v) is 12.1. The van der Waals surface area contributed by atoms with Crippen molar-refractivity contribution < 1.29 is 19.0 Å². The minimum atomic E-state index is -1.67. The summed E-state index contributed by atoms with van der Waals surface area (Å²) in [5.41, 5.74) is 0. The number of hydrogen-bond donors (Lipinski definition) is 1. The highest BCUT2D eigenvalue weighted by Gasteiger charge is 2.51. The molecule has 1 N–H and O–H groups in total. The highest BCUT2D eigenvalue weighted by molar-refractivity contribution is 6.74. The topological polar surface area (TPSA) is 51.2 Å². The quantitative estimate of drug-likeness (QED) is 0.623. The average Bonchev–Trinajstić information content (AvgIpc) is 3.06. The van der Waals surface area contributed by atoms with Gasteiger partial charge < -0.3 is 19.0 Å². The highest BCUT2D eigenvalue weighted by atomic mass is 28.4. The highest BCUT2D eigenvalue weighted by Crippen LogP contribution is 2.39. The Morgan fingerprint density at radius 2 is 1.95 bits per heavy atom. The lowest BCUT2D eigenvalue weighted by Gasteiger charge is -2.36. The van der Waals surface area contributed by atoms with Crippen LogP contribution >= 0.6 is 0 Å². The van der Waals surface area contributed by atoms with Crippen molar-refractivity contribution in [2.24, 2.45) is 0 Å². The third-order valence-corrected chi connectivity index (χ3v) is 9.26. The third kappa shape index (κ3) is 3.58. The Hall–Kier alpha value is 0.0569. The molecular weight excluding hydrogens is 260 g/mol. The monoisotopic (exact) mass is 288 g/mol. The molecule has 4 nitrogen and oxygen atoms in total. The molecule has 0 unspecified atom stereocenters. The van der Waals surface area contributed by atoms with Gasteiger partial charge in [0.15, 0.2) is 8.32 Å². The molecule has 0 amide bonds. The fourth-order valence-electron chi connectivity index (χ4n) is 2.31. The van der Waals surface area contributed by atoms with E-state index in [4.69, 9.17) is 13.9 Å². The van der Waals surface area contributed by atoms with E-state index < -0.39 is 8.32 Å². The molecule has 2 aliphatic rings. The first-order valence-electron chi connectivity index (χ1n) is 7.30. The number of aliphatic hydroxyl groups is 1. The summed E-state index contributed by atoms with van der Waals surface area (Å²) < 4.78 is 17.6. The average molecular weight is 288 g/mol. The Kier molecular flexibility index (Phi) is 4.43. The molecule has 2 aliphatic heterocycles. The predicted molar refractivity (Wildman–Crippen MR) is 76.8 cm³/mol. The van der Waals surface area contributed by atoms with Gasteiger partial charge in [0, 0.05) is 13.0 Å². The fourth-order valence-corrected chi connectivity index (χ4v) is 3.37. The second kappa shape index (κ2) is 5.45. The van der Waals surface area contributed by atoms with Gasteiger partial charge in [-0.1, -0.05) is 20.8 Å². The first kappa shape index (κ1) is 15.4. The second-order valence-electron chi connectivity index (χ2n) is 7.25. The SMILES string of the molecule is CC(C)(C)[Si](C)(C)OCC[C@@H]1O[C@@H](CO)C[C@@H]2O[C@H]12. The number of hydrogen-bond acceptors (Lipinski definition) is 4. The minimum absolute atomic E-state index is 0.0541. The van der Waals surface area contributed by atoms with E-state index in [0.29, 0.717) is 6.10 Å². The van der Waals surface area contributed by atoms with E-state index in [1.807, 2.05) is 0 Å². The van der Waals surface area contributed by atoms with Crippen molar-refractivity contribution in [3.63, 3.8) is 0 Å². The minimum Gasteiger partial charge on any atom is -0.417 e. The summed E-state index contributed by atoms with van der Waals surface area (Å²) in [6.07, 6.45) is 2.29. The summed E-state index contributed by atoms with van der Waals surface area (Å²) in [6, 6.07) is 0. The molecular formula is C14H28O4Si. The number of aliphatic hydroxyl groups excluding tert-OH is 1. The van der Waals surface area contributed by atoms with Crippen molar-refractivity contribution in [1.29, 1.82) is 0 Å². The van der Waals surface area contributed by atoms with Gasteiger partial charge in [0.05, 0.1) is 24.9 Å². The molecule has 0 aromatic carbocycles. The van der Waals surface area contributed by atoms with Gasteiger partial charge in [-0.3, -0.25) is 0 Å². The van der Waals surface area contributed by atoms with Gasteiger partial charge in [-0.2, -0.15) is 0 Å². The van der Waals surface area contributed by atoms with Crippen LogP contribution in [0, 0.1) is 0 Å². The maximum atomic E-state index is 9.20. The number of ether oxygens (including phenoxy) is 2. The summed E-state index contributed by atoms with van der Waals surface area (Å²) in [7, 11) is -1.67. The standard InChI is InChI=1S/C14H28O4Si/c1-14(2,3)19(4,5)16-7-6-11-13-12(18-13)8-10(9-15)17-11/h10-13,15H,6-9H2,1-5H3/t10-,11+,12+,13-/m1/s1. The van der Waals surface area contributed by atoms with E-state index in [2.05, 4.69) is 33.9 Å². The lowest BCUT2D eigenvalue weighted by molar-refractivity contribution is -0.0676. The van der Waals surface area contributed by atoms with Crippen LogP contribution in [0.15, 0.2) is 0 Å². The molecule has 0 saturated carbocycles. The molecule has 0 aromatic rings. The van der Waals surface area contributed by atoms with Crippen LogP contribution in [0.2, 0.25) is 18.1 Å². The van der Waals surface area contributed by atoms with Gasteiger partial charge in [0.2, 0.25) is 0 Å². The van der Waals surface area contributed by atoms with E-state index in [1.54, 1.807) is 0 Å². The molecule has 5 heteroatoms. The van der Waals surface area contributed by atoms with Crippen LogP contribution in [-0.4, -0.2) is 51.1 Å². The van der Waals surface area contributed by atoms with E-state index in [1.165, 1.54) is 0 Å². The van der Waals surface area contributed by atoms with Crippen LogP contribution in [0.25, 0.3) is 0 Å². The summed E-state index contributed by atoms with van der Waals surface area (Å²) in [5, 5.41) is 9.44. The predicted octanol–water partition coefficient (Wildman–Crippen LogP) is 2.32. The largest absolute Gasteiger partial charge is 0.417 e. The van der Waals surface area contributed by atoms with Gasteiger partial charge in [-0.05, 0) is 24.6 Å². The number of rotatable bonds is 5. The van der Waals surface area contributed by atoms with Gasteiger partial charge in [0.1, 0.15) is 6.10 Å². The zero-order valence-corrected chi connectivity index (χ0v) is 13.8. The molecule has 2 rings (SSSR count). The van der Waals surface area contributed by atoms with Crippen LogP contribution in [0.3, 0.4) is 0 Å². The van der Waals surface area contributed by atoms with Crippen molar-refractivity contribution >= 4 is 8.32 Å². The normalized spacial score (nSPS) is 35.1. The van der Waals surface area contributed by atoms with Gasteiger partial charge >= 0.3 is 0 Å². The third-order valence-electron chi connectivity index (χ3n) is 4.73. The molecule has 0 radical (unpaired) electrons. The molecule has 0 aliphatic carbocycles. The van der Waals surface area contributed by atoms with Crippen molar-refractivity contribution in [3.8, 4) is 0 Å². The van der Waals surface area contributed by atoms with E-state index in [9.17, 15) is 5.11 Å². The first-order valence-corrected chi connectivity index (χ1v) is 10.2. The summed E-state index contributed by atoms with van der Waals surface area (Å²) >= 11 is 0. The molecule has 4 atom stereocenters. The zero-order valence-electron chi connectivity index (χ0n) is 12.8. The Bertz CT molecular complexity index is 313. The molecule has 2 heterocycles. The smallest absolute Gasteiger partial charge is 0.191 e. The van der Waals surface area contributed by atoms with Crippen LogP contribution in [0.1, 0.15) is 33.6 Å². The molecule has 2 fully saturated rings. The first-order chi connectivity index (χ1) is 8.74. The molecule has 0 bridgehead atoms. The van der Waals surface area contributed by atoms with Crippen LogP contribution in [0.5, 0.6) is 0 Å². The van der Waals surface area contributed by atoms with E-state index >= 15 is 0 Å². The van der Waals surface area contributed by atoms with Crippen LogP contribution < -0.4 is 0 Å². The lowest BCUT2D eigenvalue weighted by Crippen LogP contribution is -2.42. The maximum Gasteiger partial charge on any atom is 0.191 e. The van der Waals surface area contributed by atoms with Gasteiger partial charge in [-0.25, -0.2) is 0 Å². The molecule has 0 spiro atoms. The van der Waals surface area contributed by atoms with Crippen LogP contribution in [-0.2, 0) is 13.9 Å². The molecule has 2 saturated heterocycles. The van der Waals surface area contributed by atoms with Crippen molar-refractivity contribution in [2.45, 2.75) is 76.2 Å². The molecule has 112 valence electrons. The fraction of sp³-hybridized carbons (Fsp3) is 1.00. The number of fused-ring (bicyclic) bond motifs is 1. The molecule has 19 heavy (non-hydrogen) atoms. The maximum absolute atomic E-state index is 9.20. The summed E-state index contributed by atoms with van der Waals surface area (Å²) in [4.78, 5) is 0. The zero-order chi connectivity index (χ0) is 14.3. The van der Waals surface area contributed by atoms with E-state index in [-0.39, 0.29) is 30.0 Å². The van der Waals surface area contributed by atoms with E-state index in [0.717, 1.165) is 19.4 Å². The lowest BCUT2D eigenvalue weighted by atomic mass is 10.0. The van der Waals surface area contributed by atoms with Crippen molar-refractivity contribution in [3.05, 3.63) is 0 Å². The van der Waals surface area contributed by atoms with Crippen molar-refractivity contribution in [2.75, 3.05) is 13.2 Å². The Labute approximate surface area is 117 Å². The molecule has 0 aromatic heterocycles. The van der Waals surface area contributed by atoms with Crippen molar-refractivity contribution in [1.82, 2.24) is 0 Å². The Morgan fingerprint density at radius 3 is 2.53 bits per heavy atom. The van der Waals surface area contributed by atoms with Gasteiger partial charge in [0.25, 0.3) is 0 Å². The van der Waals surface area contributed by atoms with Gasteiger partial charge in [-0.15, -0.1) is 0 Å². The Balaban J connectivity index is 1.77.